The lowest BCUT2D eigenvalue weighted by Crippen LogP contribution is -2.52. The van der Waals surface area contributed by atoms with Gasteiger partial charge in [0.1, 0.15) is 11.7 Å². The average molecular weight is 497 g/mol. The second kappa shape index (κ2) is 10.1. The molecule has 6 rings (SSSR count). The molecule has 1 fully saturated rings. The Kier molecular flexibility index (Phi) is 6.17. The summed E-state index contributed by atoms with van der Waals surface area (Å²) in [6, 6.07) is 32.2. The minimum Gasteiger partial charge on any atom is -0.352 e. The Morgan fingerprint density at radius 1 is 0.868 bits per heavy atom. The molecule has 0 spiro atoms. The van der Waals surface area contributed by atoms with Gasteiger partial charge in [0.05, 0.1) is 5.52 Å². The van der Waals surface area contributed by atoms with Crippen LogP contribution in [0.4, 0.5) is 0 Å². The lowest BCUT2D eigenvalue weighted by atomic mass is 10.00. The third-order valence-electron chi connectivity index (χ3n) is 6.72. The van der Waals surface area contributed by atoms with Crippen LogP contribution in [0.1, 0.15) is 33.2 Å². The van der Waals surface area contributed by atoms with E-state index in [0.29, 0.717) is 24.3 Å². The van der Waals surface area contributed by atoms with E-state index in [4.69, 9.17) is 0 Å². The van der Waals surface area contributed by atoms with Crippen LogP contribution in [0.5, 0.6) is 0 Å². The van der Waals surface area contributed by atoms with Crippen molar-refractivity contribution in [1.82, 2.24) is 20.4 Å². The first-order chi connectivity index (χ1) is 18.7. The maximum absolute atomic E-state index is 13.7. The number of fused-ring (bicyclic) bond motifs is 1. The zero-order chi connectivity index (χ0) is 25.9. The number of aromatic amines is 1. The molecule has 6 heteroatoms. The zero-order valence-electron chi connectivity index (χ0n) is 20.5. The highest BCUT2D eigenvalue weighted by atomic mass is 16.2. The smallest absolute Gasteiger partial charge is 0.254 e. The van der Waals surface area contributed by atoms with Crippen molar-refractivity contribution in [2.75, 3.05) is 13.1 Å². The first-order valence-electron chi connectivity index (χ1n) is 12.5. The Bertz CT molecular complexity index is 1700. The fourth-order valence-electron chi connectivity index (χ4n) is 4.85. The number of carbonyl (C=O) groups is 2. The maximum Gasteiger partial charge on any atom is 0.254 e. The van der Waals surface area contributed by atoms with Gasteiger partial charge in [0.25, 0.3) is 5.91 Å². The molecule has 1 aliphatic heterocycles. The summed E-state index contributed by atoms with van der Waals surface area (Å²) in [4.78, 5) is 28.1. The molecular formula is C32H24N4O2. The predicted molar refractivity (Wildman–Crippen MR) is 147 cm³/mol. The molecule has 0 radical (unpaired) electrons. The van der Waals surface area contributed by atoms with Crippen molar-refractivity contribution in [3.8, 4) is 23.0 Å². The third kappa shape index (κ3) is 4.42. The predicted octanol–water partition coefficient (Wildman–Crippen LogP) is 4.94. The summed E-state index contributed by atoms with van der Waals surface area (Å²) in [6.45, 7) is 0.843. The number of hydrogen-bond acceptors (Lipinski definition) is 3. The fourth-order valence-corrected chi connectivity index (χ4v) is 4.85. The van der Waals surface area contributed by atoms with Crippen molar-refractivity contribution in [3.63, 3.8) is 0 Å². The van der Waals surface area contributed by atoms with Gasteiger partial charge in [0, 0.05) is 29.6 Å². The quantitative estimate of drug-likeness (QED) is 0.347. The zero-order valence-corrected chi connectivity index (χ0v) is 20.5. The van der Waals surface area contributed by atoms with Crippen molar-refractivity contribution >= 4 is 22.7 Å². The number of H-pyrrole nitrogens is 1. The van der Waals surface area contributed by atoms with Crippen molar-refractivity contribution in [2.24, 2.45) is 0 Å². The van der Waals surface area contributed by atoms with Crippen molar-refractivity contribution in [1.29, 1.82) is 0 Å². The Balaban J connectivity index is 1.34. The van der Waals surface area contributed by atoms with Gasteiger partial charge in [0.15, 0.2) is 0 Å². The molecule has 184 valence electrons. The number of rotatable bonds is 3. The molecular weight excluding hydrogens is 472 g/mol. The van der Waals surface area contributed by atoms with Gasteiger partial charge >= 0.3 is 0 Å². The minimum atomic E-state index is -0.675. The molecule has 1 aromatic heterocycles. The van der Waals surface area contributed by atoms with Crippen LogP contribution >= 0.6 is 0 Å². The molecule has 0 bridgehead atoms. The molecule has 2 amide bonds. The lowest BCUT2D eigenvalue weighted by Gasteiger charge is -2.35. The lowest BCUT2D eigenvalue weighted by molar-refractivity contribution is -0.128. The fraction of sp³-hybridized carbons (Fsp3) is 0.0938. The van der Waals surface area contributed by atoms with Crippen LogP contribution in [0.2, 0.25) is 0 Å². The summed E-state index contributed by atoms with van der Waals surface area (Å²) >= 11 is 0. The van der Waals surface area contributed by atoms with Gasteiger partial charge < -0.3 is 10.2 Å². The van der Waals surface area contributed by atoms with Crippen molar-refractivity contribution in [3.05, 3.63) is 126 Å². The number of hydrogen-bond donors (Lipinski definition) is 2. The molecule has 0 aliphatic carbocycles. The van der Waals surface area contributed by atoms with Crippen LogP contribution in [0.15, 0.2) is 103 Å². The van der Waals surface area contributed by atoms with Gasteiger partial charge in [-0.2, -0.15) is 5.10 Å². The van der Waals surface area contributed by atoms with Crippen LogP contribution in [-0.2, 0) is 4.79 Å². The Morgan fingerprint density at radius 2 is 1.61 bits per heavy atom. The number of nitrogens with one attached hydrogen (secondary N) is 2. The number of amides is 2. The van der Waals surface area contributed by atoms with Crippen molar-refractivity contribution < 1.29 is 9.59 Å². The number of nitrogens with zero attached hydrogens (tertiary/aromatic N) is 2. The van der Waals surface area contributed by atoms with Crippen LogP contribution in [-0.4, -0.2) is 40.0 Å². The minimum absolute atomic E-state index is 0.177. The topological polar surface area (TPSA) is 78.1 Å². The van der Waals surface area contributed by atoms with E-state index < -0.39 is 6.04 Å². The Labute approximate surface area is 220 Å². The van der Waals surface area contributed by atoms with Crippen LogP contribution in [0, 0.1) is 11.8 Å². The van der Waals surface area contributed by atoms with Crippen LogP contribution in [0.25, 0.3) is 22.0 Å². The normalized spacial score (nSPS) is 15.0. The highest BCUT2D eigenvalue weighted by molar-refractivity contribution is 6.01. The van der Waals surface area contributed by atoms with Crippen LogP contribution in [0.3, 0.4) is 0 Å². The monoisotopic (exact) mass is 496 g/mol. The van der Waals surface area contributed by atoms with Gasteiger partial charge in [0.2, 0.25) is 5.91 Å². The summed E-state index contributed by atoms with van der Waals surface area (Å²) in [5.41, 5.74) is 5.67. The molecule has 5 aromatic rings. The summed E-state index contributed by atoms with van der Waals surface area (Å²) in [7, 11) is 0. The van der Waals surface area contributed by atoms with Crippen molar-refractivity contribution in [2.45, 2.75) is 6.04 Å². The summed E-state index contributed by atoms with van der Waals surface area (Å²) in [6.07, 6.45) is 0. The Morgan fingerprint density at radius 3 is 2.42 bits per heavy atom. The first kappa shape index (κ1) is 23.3. The second-order valence-corrected chi connectivity index (χ2v) is 9.09. The third-order valence-corrected chi connectivity index (χ3v) is 6.72. The number of carbonyl (C=O) groups excluding carboxylic acids is 2. The van der Waals surface area contributed by atoms with E-state index in [1.165, 1.54) is 0 Å². The van der Waals surface area contributed by atoms with E-state index in [0.717, 1.165) is 33.2 Å². The van der Waals surface area contributed by atoms with Crippen LogP contribution < -0.4 is 5.32 Å². The molecule has 38 heavy (non-hydrogen) atoms. The molecule has 1 unspecified atom stereocenters. The molecule has 1 saturated heterocycles. The number of benzene rings is 4. The van der Waals surface area contributed by atoms with E-state index in [2.05, 4.69) is 45.6 Å². The van der Waals surface area contributed by atoms with Gasteiger partial charge in [-0.1, -0.05) is 84.8 Å². The standard InChI is InChI=1S/C32H24N4O2/c37-31-30(24-12-5-2-6-13-24)36(20-19-33-31)32(38)25-16-18-29-27(21-25)28(34-35-29)17-15-23-11-7-8-14-26(23)22-9-3-1-4-10-22/h1-14,16,18,21,30H,19-20H2,(H,33,37)(H,34,35). The van der Waals surface area contributed by atoms with Gasteiger partial charge in [-0.3, -0.25) is 14.7 Å². The molecule has 2 N–H and O–H groups in total. The maximum atomic E-state index is 13.7. The summed E-state index contributed by atoms with van der Waals surface area (Å²) in [5, 5.41) is 11.0. The molecule has 1 atom stereocenters. The summed E-state index contributed by atoms with van der Waals surface area (Å²) in [5.74, 6) is 6.13. The second-order valence-electron chi connectivity index (χ2n) is 9.09. The van der Waals surface area contributed by atoms with E-state index in [1.807, 2.05) is 78.9 Å². The summed E-state index contributed by atoms with van der Waals surface area (Å²) < 4.78 is 0. The van der Waals surface area contributed by atoms with Gasteiger partial charge in [-0.05, 0) is 46.9 Å². The largest absolute Gasteiger partial charge is 0.352 e. The Hall–Kier alpha value is -5.15. The molecule has 1 aliphatic rings. The van der Waals surface area contributed by atoms with E-state index >= 15 is 0 Å². The highest BCUT2D eigenvalue weighted by Crippen LogP contribution is 2.27. The molecule has 2 heterocycles. The molecule has 6 nitrogen and oxygen atoms in total. The number of aromatic nitrogens is 2. The molecule has 4 aromatic carbocycles. The average Bonchev–Trinajstić information content (AvgIpc) is 3.39. The van der Waals surface area contributed by atoms with E-state index in [-0.39, 0.29) is 11.8 Å². The first-order valence-corrected chi connectivity index (χ1v) is 12.5. The van der Waals surface area contributed by atoms with Gasteiger partial charge in [-0.25, -0.2) is 0 Å². The van der Waals surface area contributed by atoms with E-state index in [1.54, 1.807) is 11.0 Å². The number of piperazine rings is 1. The van der Waals surface area contributed by atoms with E-state index in [9.17, 15) is 9.59 Å². The molecule has 0 saturated carbocycles. The SMILES string of the molecule is O=C1NCCN(C(=O)c2ccc3n[nH]c(C#Cc4ccccc4-c4ccccc4)c3c2)C1c1ccccc1. The highest BCUT2D eigenvalue weighted by Gasteiger charge is 2.34. The van der Waals surface area contributed by atoms with Gasteiger partial charge in [-0.15, -0.1) is 0 Å².